The molecule has 76 valence electrons. The predicted octanol–water partition coefficient (Wildman–Crippen LogP) is -12.9. The molecule has 0 aromatic heterocycles. The first kappa shape index (κ1) is 172. The van der Waals surface area contributed by atoms with Crippen molar-refractivity contribution < 1.29 is 270 Å². The van der Waals surface area contributed by atoms with Gasteiger partial charge in [-0.2, -0.15) is 0 Å². The normalized spacial score (nSPS) is 0. The minimum Gasteiger partial charge on any atom is -2.00 e. The molecule has 0 aliphatic heterocycles. The van der Waals surface area contributed by atoms with Crippen LogP contribution in [0, 0.1) is 0 Å². The zero-order valence-corrected chi connectivity index (χ0v) is 23.5. The van der Waals surface area contributed by atoms with Gasteiger partial charge in [-0.1, -0.05) is 0 Å². The second kappa shape index (κ2) is 148. The van der Waals surface area contributed by atoms with Gasteiger partial charge in [-0.25, -0.2) is 0 Å². The summed E-state index contributed by atoms with van der Waals surface area (Å²) >= 11 is 0. The van der Waals surface area contributed by atoms with Gasteiger partial charge >= 0.3 is 184 Å². The molecule has 8 nitrogen and oxygen atoms in total. The van der Waals surface area contributed by atoms with Crippen LogP contribution in [0.1, 0.15) is 0 Å². The maximum atomic E-state index is 0. The van der Waals surface area contributed by atoms with E-state index in [9.17, 15) is 0 Å². The molecule has 0 amide bonds. The molecule has 0 aliphatic rings. The molecule has 0 aromatic carbocycles. The molecule has 0 atom stereocenters. The number of hydrogen-bond donors (Lipinski definition) is 0. The molecule has 0 N–H and O–H groups in total. The van der Waals surface area contributed by atoms with Gasteiger partial charge in [0, 0.05) is 42.1 Å². The third-order valence-corrected chi connectivity index (χ3v) is 0. The monoisotopic (exact) mass is 464 g/mol. The van der Waals surface area contributed by atoms with Crippen molar-refractivity contribution in [1.29, 1.82) is 0 Å². The fourth-order valence-corrected chi connectivity index (χ4v) is 0. The van der Waals surface area contributed by atoms with E-state index in [4.69, 9.17) is 0 Å². The number of hydrogen-bond acceptors (Lipinski definition) is 0. The van der Waals surface area contributed by atoms with E-state index in [2.05, 4.69) is 0 Å². The second-order valence-electron chi connectivity index (χ2n) is 0. The molecular formula is K3Mo2NaO8-12. The van der Waals surface area contributed by atoms with Crippen molar-refractivity contribution in [3.63, 3.8) is 0 Å². The molecule has 0 aliphatic carbocycles. The van der Waals surface area contributed by atoms with Crippen LogP contribution in [0.4, 0.5) is 0 Å². The van der Waals surface area contributed by atoms with Crippen molar-refractivity contribution >= 4 is 0 Å². The molecule has 14 heavy (non-hydrogen) atoms. The predicted molar refractivity (Wildman–Crippen MR) is 5.49 cm³/mol. The van der Waals surface area contributed by atoms with E-state index in [-0.39, 0.29) is 270 Å². The first-order chi connectivity index (χ1) is 0. The van der Waals surface area contributed by atoms with Crippen LogP contribution >= 0.6 is 0 Å². The smallest absolute Gasteiger partial charge is 1.00 e. The quantitative estimate of drug-likeness (QED) is 0.307. The Balaban J connectivity index is 0. The van der Waals surface area contributed by atoms with Crippen molar-refractivity contribution in [3.05, 3.63) is 0 Å². The van der Waals surface area contributed by atoms with Gasteiger partial charge in [0.25, 0.3) is 0 Å². The summed E-state index contributed by atoms with van der Waals surface area (Å²) in [4.78, 5) is 0. The molecule has 0 heterocycles. The Morgan fingerprint density at radius 1 is 0.286 bits per heavy atom. The molecule has 0 aromatic rings. The minimum absolute atomic E-state index is 0. The summed E-state index contributed by atoms with van der Waals surface area (Å²) in [6, 6.07) is 0. The molecular weight excluding hydrogens is 460 g/mol. The Morgan fingerprint density at radius 2 is 0.286 bits per heavy atom. The van der Waals surface area contributed by atoms with E-state index in [0.717, 1.165) is 0 Å². The molecule has 0 saturated carbocycles. The maximum Gasteiger partial charge on any atom is 1.00 e. The van der Waals surface area contributed by atoms with Crippen molar-refractivity contribution in [1.82, 2.24) is 0 Å². The standard InChI is InChI=1S/3K.2Mo.Na.8O/q3*+1;;;+1;8*-2. The zero-order valence-electron chi connectivity index (χ0n) is 8.08. The Hall–Kier alpha value is 6.97. The summed E-state index contributed by atoms with van der Waals surface area (Å²) in [5.74, 6) is 0. The van der Waals surface area contributed by atoms with Gasteiger partial charge in [0.15, 0.2) is 0 Å². The fraction of sp³-hybridized carbons (Fsp3) is 0. The molecule has 0 radical (unpaired) electrons. The SMILES string of the molecule is [K+].[K+].[K+].[Mo].[Mo].[Na+].[O-2].[O-2].[O-2].[O-2].[O-2].[O-2].[O-2].[O-2]. The largest absolute Gasteiger partial charge is 2.00 e. The minimum atomic E-state index is 0. The average Bonchev–Trinajstić information content (AvgIpc) is 0. The van der Waals surface area contributed by atoms with Crippen LogP contribution in [0.5, 0.6) is 0 Å². The molecule has 0 spiro atoms. The third-order valence-electron chi connectivity index (χ3n) is 0. The van der Waals surface area contributed by atoms with Crippen LogP contribution in [-0.2, 0) is 85.9 Å². The van der Waals surface area contributed by atoms with Crippen LogP contribution < -0.4 is 184 Å². The van der Waals surface area contributed by atoms with Gasteiger partial charge in [-0.3, -0.25) is 0 Å². The third kappa shape index (κ3) is 126. The Kier molecular flexibility index (Phi) is 1820. The Labute approximate surface area is 261 Å². The van der Waals surface area contributed by atoms with Gasteiger partial charge in [-0.05, 0) is 0 Å². The van der Waals surface area contributed by atoms with Gasteiger partial charge < -0.3 is 43.8 Å². The van der Waals surface area contributed by atoms with Crippen molar-refractivity contribution in [2.75, 3.05) is 0 Å². The van der Waals surface area contributed by atoms with Gasteiger partial charge in [0.1, 0.15) is 0 Å². The van der Waals surface area contributed by atoms with Crippen molar-refractivity contribution in [3.8, 4) is 0 Å². The van der Waals surface area contributed by atoms with E-state index in [1.54, 1.807) is 0 Å². The van der Waals surface area contributed by atoms with E-state index < -0.39 is 0 Å². The van der Waals surface area contributed by atoms with E-state index in [1.807, 2.05) is 0 Å². The number of rotatable bonds is 0. The van der Waals surface area contributed by atoms with Crippen LogP contribution in [0.25, 0.3) is 0 Å². The topological polar surface area (TPSA) is 228 Å². The summed E-state index contributed by atoms with van der Waals surface area (Å²) in [6.45, 7) is 0. The molecule has 0 fully saturated rings. The summed E-state index contributed by atoms with van der Waals surface area (Å²) in [7, 11) is 0. The first-order valence-electron chi connectivity index (χ1n) is 0. The van der Waals surface area contributed by atoms with Gasteiger partial charge in [0.2, 0.25) is 0 Å². The Bertz CT molecular complexity index is 22.5. The van der Waals surface area contributed by atoms with Gasteiger partial charge in [-0.15, -0.1) is 0 Å². The maximum absolute atomic E-state index is 0. The van der Waals surface area contributed by atoms with E-state index in [0.29, 0.717) is 0 Å². The fourth-order valence-electron chi connectivity index (χ4n) is 0. The van der Waals surface area contributed by atoms with Crippen LogP contribution in [-0.4, -0.2) is 0 Å². The van der Waals surface area contributed by atoms with Crippen LogP contribution in [0.3, 0.4) is 0 Å². The molecule has 0 unspecified atom stereocenters. The zero-order chi connectivity index (χ0) is 0. The van der Waals surface area contributed by atoms with Crippen LogP contribution in [0.2, 0.25) is 0 Å². The van der Waals surface area contributed by atoms with Gasteiger partial charge in [0.05, 0.1) is 0 Å². The van der Waals surface area contributed by atoms with Crippen molar-refractivity contribution in [2.45, 2.75) is 0 Å². The van der Waals surface area contributed by atoms with Crippen molar-refractivity contribution in [2.24, 2.45) is 0 Å². The molecule has 0 rings (SSSR count). The van der Waals surface area contributed by atoms with E-state index >= 15 is 0 Å². The first-order valence-corrected chi connectivity index (χ1v) is 0. The summed E-state index contributed by atoms with van der Waals surface area (Å²) in [5.41, 5.74) is 0. The molecule has 14 heteroatoms. The van der Waals surface area contributed by atoms with Crippen LogP contribution in [0.15, 0.2) is 0 Å². The molecule has 0 saturated heterocycles. The van der Waals surface area contributed by atoms with E-state index in [1.165, 1.54) is 0 Å². The Morgan fingerprint density at radius 3 is 0.286 bits per heavy atom. The summed E-state index contributed by atoms with van der Waals surface area (Å²) in [6.07, 6.45) is 0. The summed E-state index contributed by atoms with van der Waals surface area (Å²) in [5, 5.41) is 0. The second-order valence-corrected chi connectivity index (χ2v) is 0. The molecule has 0 bridgehead atoms. The summed E-state index contributed by atoms with van der Waals surface area (Å²) < 4.78 is 0. The average molecular weight is 460 g/mol.